The van der Waals surface area contributed by atoms with E-state index in [0.717, 1.165) is 12.4 Å². The molecule has 2 rings (SSSR count). The van der Waals surface area contributed by atoms with E-state index in [9.17, 15) is 4.79 Å². The summed E-state index contributed by atoms with van der Waals surface area (Å²) in [5.74, 6) is 2.04. The Morgan fingerprint density at radius 1 is 1.25 bits per heavy atom. The number of esters is 1. The van der Waals surface area contributed by atoms with E-state index in [1.165, 1.54) is 7.11 Å². The molecule has 24 heavy (non-hydrogen) atoms. The van der Waals surface area contributed by atoms with E-state index in [4.69, 9.17) is 16.3 Å². The van der Waals surface area contributed by atoms with E-state index in [1.54, 1.807) is 24.3 Å². The Balaban J connectivity index is 2.25. The second-order valence-electron chi connectivity index (χ2n) is 5.77. The van der Waals surface area contributed by atoms with Crippen LogP contribution in [-0.4, -0.2) is 29.6 Å². The molecule has 0 atom stereocenters. The number of methoxy groups -OCH3 is 1. The van der Waals surface area contributed by atoms with Crippen LogP contribution in [0.1, 0.15) is 30.0 Å². The molecule has 0 bridgehead atoms. The van der Waals surface area contributed by atoms with Gasteiger partial charge >= 0.3 is 5.97 Å². The first kappa shape index (κ1) is 18.0. The molecule has 2 N–H and O–H groups in total. The van der Waals surface area contributed by atoms with Gasteiger partial charge in [-0.05, 0) is 31.0 Å². The number of aryl methyl sites for hydroxylation is 1. The molecule has 0 saturated carbocycles. The summed E-state index contributed by atoms with van der Waals surface area (Å²) >= 11 is 6.20. The fourth-order valence-corrected chi connectivity index (χ4v) is 2.20. The molecule has 0 unspecified atom stereocenters. The van der Waals surface area contributed by atoms with Crippen molar-refractivity contribution < 1.29 is 9.53 Å². The molecule has 0 fully saturated rings. The van der Waals surface area contributed by atoms with Crippen LogP contribution in [-0.2, 0) is 4.74 Å². The van der Waals surface area contributed by atoms with Gasteiger partial charge in [-0.1, -0.05) is 25.4 Å². The summed E-state index contributed by atoms with van der Waals surface area (Å²) in [7, 11) is 1.34. The summed E-state index contributed by atoms with van der Waals surface area (Å²) in [6, 6.07) is 6.69. The SMILES string of the molecule is COC(=O)c1ccc(Cl)c(Nc2cc(NCC(C)C)nc(C)n2)c1. The molecule has 1 aromatic carbocycles. The van der Waals surface area contributed by atoms with Crippen molar-refractivity contribution in [1.82, 2.24) is 9.97 Å². The van der Waals surface area contributed by atoms with Crippen LogP contribution in [0.4, 0.5) is 17.3 Å². The zero-order valence-electron chi connectivity index (χ0n) is 14.2. The molecule has 0 amide bonds. The summed E-state index contributed by atoms with van der Waals surface area (Å²) in [4.78, 5) is 20.4. The number of hydrogen-bond donors (Lipinski definition) is 2. The molecule has 0 saturated heterocycles. The van der Waals surface area contributed by atoms with Gasteiger partial charge in [0.15, 0.2) is 0 Å². The van der Waals surface area contributed by atoms with Crippen molar-refractivity contribution in [2.45, 2.75) is 20.8 Å². The molecular weight excluding hydrogens is 328 g/mol. The van der Waals surface area contributed by atoms with Crippen LogP contribution in [0.2, 0.25) is 5.02 Å². The molecule has 1 heterocycles. The molecule has 7 heteroatoms. The van der Waals surface area contributed by atoms with Crippen molar-refractivity contribution in [2.75, 3.05) is 24.3 Å². The Labute approximate surface area is 146 Å². The topological polar surface area (TPSA) is 76.1 Å². The molecule has 0 aliphatic heterocycles. The van der Waals surface area contributed by atoms with Crippen LogP contribution in [0, 0.1) is 12.8 Å². The predicted molar refractivity (Wildman–Crippen MR) is 96.2 cm³/mol. The number of nitrogens with one attached hydrogen (secondary N) is 2. The van der Waals surface area contributed by atoms with E-state index < -0.39 is 5.97 Å². The van der Waals surface area contributed by atoms with Gasteiger partial charge in [-0.3, -0.25) is 0 Å². The van der Waals surface area contributed by atoms with Crippen molar-refractivity contribution >= 4 is 34.9 Å². The zero-order valence-corrected chi connectivity index (χ0v) is 14.9. The Kier molecular flexibility index (Phi) is 5.98. The summed E-state index contributed by atoms with van der Waals surface area (Å²) in [5.41, 5.74) is 0.987. The van der Waals surface area contributed by atoms with Gasteiger partial charge < -0.3 is 15.4 Å². The van der Waals surface area contributed by atoms with Crippen LogP contribution in [0.25, 0.3) is 0 Å². The Morgan fingerprint density at radius 3 is 2.62 bits per heavy atom. The van der Waals surface area contributed by atoms with Gasteiger partial charge in [-0.15, -0.1) is 0 Å². The molecule has 128 valence electrons. The number of hydrogen-bond acceptors (Lipinski definition) is 6. The lowest BCUT2D eigenvalue weighted by Crippen LogP contribution is -2.10. The first-order chi connectivity index (χ1) is 11.4. The second kappa shape index (κ2) is 7.97. The quantitative estimate of drug-likeness (QED) is 0.767. The molecule has 2 aromatic rings. The fraction of sp³-hybridized carbons (Fsp3) is 0.353. The maximum Gasteiger partial charge on any atom is 0.337 e. The zero-order chi connectivity index (χ0) is 17.7. The number of carbonyl (C=O) groups is 1. The molecule has 6 nitrogen and oxygen atoms in total. The molecule has 0 aliphatic carbocycles. The first-order valence-corrected chi connectivity index (χ1v) is 8.01. The van der Waals surface area contributed by atoms with Crippen LogP contribution in [0.5, 0.6) is 0 Å². The number of aromatic nitrogens is 2. The van der Waals surface area contributed by atoms with Crippen LogP contribution in [0.15, 0.2) is 24.3 Å². The number of rotatable bonds is 6. The number of carbonyl (C=O) groups excluding carboxylic acids is 1. The maximum atomic E-state index is 11.7. The van der Waals surface area contributed by atoms with Crippen molar-refractivity contribution in [3.63, 3.8) is 0 Å². The molecule has 0 aliphatic rings. The number of benzene rings is 1. The van der Waals surface area contributed by atoms with Gasteiger partial charge in [-0.2, -0.15) is 0 Å². The number of nitrogens with zero attached hydrogens (tertiary/aromatic N) is 2. The van der Waals surface area contributed by atoms with E-state index in [1.807, 2.05) is 6.92 Å². The minimum Gasteiger partial charge on any atom is -0.465 e. The highest BCUT2D eigenvalue weighted by atomic mass is 35.5. The van der Waals surface area contributed by atoms with E-state index >= 15 is 0 Å². The van der Waals surface area contributed by atoms with Crippen molar-refractivity contribution in [2.24, 2.45) is 5.92 Å². The standard InChI is InChI=1S/C17H21ClN4O2/c1-10(2)9-19-15-8-16(21-11(3)20-15)22-14-7-12(17(23)24-4)5-6-13(14)18/h5-8,10H,9H2,1-4H3,(H2,19,20,21,22). The Morgan fingerprint density at radius 2 is 1.96 bits per heavy atom. The summed E-state index contributed by atoms with van der Waals surface area (Å²) in [6.07, 6.45) is 0. The number of halogens is 1. The third kappa shape index (κ3) is 4.83. The third-order valence-electron chi connectivity index (χ3n) is 3.18. The minimum atomic E-state index is -0.423. The van der Waals surface area contributed by atoms with Gasteiger partial charge in [0.05, 0.1) is 23.4 Å². The smallest absolute Gasteiger partial charge is 0.337 e. The minimum absolute atomic E-state index is 0.410. The van der Waals surface area contributed by atoms with Crippen LogP contribution in [0.3, 0.4) is 0 Å². The third-order valence-corrected chi connectivity index (χ3v) is 3.51. The average molecular weight is 349 g/mol. The van der Waals surface area contributed by atoms with E-state index in [0.29, 0.717) is 33.8 Å². The van der Waals surface area contributed by atoms with E-state index in [2.05, 4.69) is 34.4 Å². The highest BCUT2D eigenvalue weighted by Gasteiger charge is 2.10. The molecule has 1 aromatic heterocycles. The summed E-state index contributed by atoms with van der Waals surface area (Å²) in [6.45, 7) is 6.88. The fourth-order valence-electron chi connectivity index (χ4n) is 2.03. The van der Waals surface area contributed by atoms with Crippen molar-refractivity contribution in [1.29, 1.82) is 0 Å². The Bertz CT molecular complexity index is 735. The van der Waals surface area contributed by atoms with Crippen molar-refractivity contribution in [3.8, 4) is 0 Å². The van der Waals surface area contributed by atoms with Crippen molar-refractivity contribution in [3.05, 3.63) is 40.7 Å². The summed E-state index contributed by atoms with van der Waals surface area (Å²) < 4.78 is 4.73. The van der Waals surface area contributed by atoms with Gasteiger partial charge in [0, 0.05) is 12.6 Å². The average Bonchev–Trinajstić information content (AvgIpc) is 2.53. The number of ether oxygens (including phenoxy) is 1. The predicted octanol–water partition coefficient (Wildman–Crippen LogP) is 4.04. The number of anilines is 3. The molecular formula is C17H21ClN4O2. The first-order valence-electron chi connectivity index (χ1n) is 7.63. The Hall–Kier alpha value is -2.34. The lowest BCUT2D eigenvalue weighted by molar-refractivity contribution is 0.0601. The van der Waals surface area contributed by atoms with Gasteiger partial charge in [0.25, 0.3) is 0 Å². The van der Waals surface area contributed by atoms with Crippen LogP contribution < -0.4 is 10.6 Å². The normalized spacial score (nSPS) is 10.6. The largest absolute Gasteiger partial charge is 0.465 e. The lowest BCUT2D eigenvalue weighted by atomic mass is 10.2. The van der Waals surface area contributed by atoms with Gasteiger partial charge in [-0.25, -0.2) is 14.8 Å². The highest BCUT2D eigenvalue weighted by Crippen LogP contribution is 2.27. The lowest BCUT2D eigenvalue weighted by Gasteiger charge is -2.13. The molecule has 0 spiro atoms. The summed E-state index contributed by atoms with van der Waals surface area (Å²) in [5, 5.41) is 6.88. The highest BCUT2D eigenvalue weighted by molar-refractivity contribution is 6.33. The maximum absolute atomic E-state index is 11.7. The van der Waals surface area contributed by atoms with E-state index in [-0.39, 0.29) is 0 Å². The van der Waals surface area contributed by atoms with Crippen LogP contribution >= 0.6 is 11.6 Å². The monoisotopic (exact) mass is 348 g/mol. The van der Waals surface area contributed by atoms with Gasteiger partial charge in [0.1, 0.15) is 17.5 Å². The molecule has 0 radical (unpaired) electrons. The second-order valence-corrected chi connectivity index (χ2v) is 6.18. The van der Waals surface area contributed by atoms with Gasteiger partial charge in [0.2, 0.25) is 0 Å².